The maximum absolute atomic E-state index is 11.8. The summed E-state index contributed by atoms with van der Waals surface area (Å²) in [5.74, 6) is -0.175. The fourth-order valence-corrected chi connectivity index (χ4v) is 3.42. The molecule has 0 saturated heterocycles. The van der Waals surface area contributed by atoms with Gasteiger partial charge < -0.3 is 24.4 Å². The lowest BCUT2D eigenvalue weighted by molar-refractivity contribution is -0.139. The highest BCUT2D eigenvalue weighted by Crippen LogP contribution is 2.33. The summed E-state index contributed by atoms with van der Waals surface area (Å²) in [6.45, 7) is 5.20. The molecule has 34 heavy (non-hydrogen) atoms. The summed E-state index contributed by atoms with van der Waals surface area (Å²) in [6.07, 6.45) is 3.71. The number of phenolic OH excluding ortho intramolecular Hbond substituents is 1. The van der Waals surface area contributed by atoms with Crippen LogP contribution in [0.15, 0.2) is 30.3 Å². The SMILES string of the molecule is CCCc1c(OCCCCCOc2cc(OCC(=O)O)ccc2C(C)=O)ccc(C(C)=O)c1O. The molecule has 184 valence electrons. The van der Waals surface area contributed by atoms with Crippen LogP contribution in [0, 0.1) is 0 Å². The Hall–Kier alpha value is -3.55. The van der Waals surface area contributed by atoms with Gasteiger partial charge in [0.05, 0.1) is 24.3 Å². The van der Waals surface area contributed by atoms with Crippen molar-refractivity contribution in [1.29, 1.82) is 0 Å². The first-order valence-electron chi connectivity index (χ1n) is 11.4. The highest BCUT2D eigenvalue weighted by molar-refractivity contribution is 5.97. The molecule has 0 aromatic heterocycles. The van der Waals surface area contributed by atoms with Crippen molar-refractivity contribution in [1.82, 2.24) is 0 Å². The van der Waals surface area contributed by atoms with Crippen molar-refractivity contribution < 1.29 is 38.8 Å². The molecule has 0 aliphatic carbocycles. The van der Waals surface area contributed by atoms with Crippen molar-refractivity contribution in [2.45, 2.75) is 52.9 Å². The van der Waals surface area contributed by atoms with Crippen LogP contribution in [-0.4, -0.2) is 47.6 Å². The number of Topliss-reactive ketones (excluding diaryl/α,β-unsaturated/α-hetero) is 2. The van der Waals surface area contributed by atoms with E-state index in [0.717, 1.165) is 25.7 Å². The molecule has 2 N–H and O–H groups in total. The molecule has 0 unspecified atom stereocenters. The van der Waals surface area contributed by atoms with Gasteiger partial charge in [-0.3, -0.25) is 9.59 Å². The maximum atomic E-state index is 11.8. The number of aromatic hydroxyl groups is 1. The Balaban J connectivity index is 1.84. The fraction of sp³-hybridized carbons (Fsp3) is 0.423. The second kappa shape index (κ2) is 13.2. The number of phenols is 1. The van der Waals surface area contributed by atoms with Crippen LogP contribution in [0.5, 0.6) is 23.0 Å². The standard InChI is InChI=1S/C26H32O8/c1-4-8-22-23(12-11-21(18(3)28)26(22)31)32-13-6-5-7-14-33-24-15-19(34-16-25(29)30)9-10-20(24)17(2)27/h9-12,15,31H,4-8,13-14,16H2,1-3H3,(H,29,30). The minimum Gasteiger partial charge on any atom is -0.507 e. The monoisotopic (exact) mass is 472 g/mol. The van der Waals surface area contributed by atoms with E-state index in [1.165, 1.54) is 26.0 Å². The Labute approximate surface area is 199 Å². The summed E-state index contributed by atoms with van der Waals surface area (Å²) in [5.41, 5.74) is 1.36. The van der Waals surface area contributed by atoms with Crippen LogP contribution >= 0.6 is 0 Å². The second-order valence-electron chi connectivity index (χ2n) is 7.90. The molecule has 0 spiro atoms. The molecule has 8 nitrogen and oxygen atoms in total. The zero-order chi connectivity index (χ0) is 25.1. The fourth-order valence-electron chi connectivity index (χ4n) is 3.42. The van der Waals surface area contributed by atoms with Gasteiger partial charge in [-0.15, -0.1) is 0 Å². The van der Waals surface area contributed by atoms with Crippen LogP contribution < -0.4 is 14.2 Å². The number of hydrogen-bond acceptors (Lipinski definition) is 7. The number of carbonyl (C=O) groups excluding carboxylic acids is 2. The Kier molecular flexibility index (Phi) is 10.4. The molecule has 0 bridgehead atoms. The quantitative estimate of drug-likeness (QED) is 0.279. The van der Waals surface area contributed by atoms with Crippen LogP contribution in [0.1, 0.15) is 72.7 Å². The molecule has 0 aliphatic rings. The molecule has 2 aromatic carbocycles. The molecular formula is C26H32O8. The summed E-state index contributed by atoms with van der Waals surface area (Å²) in [5, 5.41) is 19.2. The normalized spacial score (nSPS) is 10.6. The van der Waals surface area contributed by atoms with Gasteiger partial charge in [0.15, 0.2) is 18.2 Å². The van der Waals surface area contributed by atoms with Crippen molar-refractivity contribution in [3.8, 4) is 23.0 Å². The first-order chi connectivity index (χ1) is 16.2. The van der Waals surface area contributed by atoms with Gasteiger partial charge in [0.25, 0.3) is 0 Å². The Morgan fingerprint density at radius 3 is 2.03 bits per heavy atom. The van der Waals surface area contributed by atoms with E-state index in [1.54, 1.807) is 18.2 Å². The van der Waals surface area contributed by atoms with Gasteiger partial charge in [-0.05, 0) is 63.8 Å². The van der Waals surface area contributed by atoms with Crippen molar-refractivity contribution >= 4 is 17.5 Å². The largest absolute Gasteiger partial charge is 0.507 e. The smallest absolute Gasteiger partial charge is 0.341 e. The predicted octanol–water partition coefficient (Wildman–Crippen LogP) is 4.84. The van der Waals surface area contributed by atoms with Gasteiger partial charge in [-0.2, -0.15) is 0 Å². The lowest BCUT2D eigenvalue weighted by atomic mass is 10.0. The summed E-state index contributed by atoms with van der Waals surface area (Å²) in [6, 6.07) is 7.93. The minimum atomic E-state index is -1.09. The molecule has 0 radical (unpaired) electrons. The number of carboxylic acids is 1. The van der Waals surface area contributed by atoms with Crippen LogP contribution in [0.25, 0.3) is 0 Å². The molecule has 8 heteroatoms. The van der Waals surface area contributed by atoms with Gasteiger partial charge in [0.1, 0.15) is 23.0 Å². The van der Waals surface area contributed by atoms with E-state index in [0.29, 0.717) is 53.6 Å². The number of carbonyl (C=O) groups is 3. The molecular weight excluding hydrogens is 440 g/mol. The third kappa shape index (κ3) is 7.79. The first kappa shape index (κ1) is 26.7. The van der Waals surface area contributed by atoms with Gasteiger partial charge in [0.2, 0.25) is 0 Å². The van der Waals surface area contributed by atoms with Crippen molar-refractivity contribution in [3.05, 3.63) is 47.0 Å². The van der Waals surface area contributed by atoms with Gasteiger partial charge in [0, 0.05) is 11.6 Å². The van der Waals surface area contributed by atoms with E-state index in [-0.39, 0.29) is 17.3 Å². The predicted molar refractivity (Wildman–Crippen MR) is 127 cm³/mol. The van der Waals surface area contributed by atoms with Crippen molar-refractivity contribution in [2.75, 3.05) is 19.8 Å². The number of hydrogen-bond donors (Lipinski definition) is 2. The van der Waals surface area contributed by atoms with Gasteiger partial charge in [-0.1, -0.05) is 13.3 Å². The molecule has 2 aromatic rings. The van der Waals surface area contributed by atoms with E-state index < -0.39 is 12.6 Å². The Morgan fingerprint density at radius 1 is 0.824 bits per heavy atom. The number of ether oxygens (including phenoxy) is 3. The molecule has 2 rings (SSSR count). The summed E-state index contributed by atoms with van der Waals surface area (Å²) < 4.78 is 16.8. The number of unbranched alkanes of at least 4 members (excludes halogenated alkanes) is 2. The average molecular weight is 473 g/mol. The maximum Gasteiger partial charge on any atom is 0.341 e. The van der Waals surface area contributed by atoms with Crippen LogP contribution in [0.4, 0.5) is 0 Å². The van der Waals surface area contributed by atoms with E-state index in [9.17, 15) is 19.5 Å². The summed E-state index contributed by atoms with van der Waals surface area (Å²) >= 11 is 0. The zero-order valence-electron chi connectivity index (χ0n) is 19.9. The lowest BCUT2D eigenvalue weighted by Crippen LogP contribution is -2.10. The molecule has 0 aliphatic heterocycles. The van der Waals surface area contributed by atoms with Crippen LogP contribution in [-0.2, 0) is 11.2 Å². The Morgan fingerprint density at radius 2 is 1.44 bits per heavy atom. The number of ketones is 2. The zero-order valence-corrected chi connectivity index (χ0v) is 19.9. The second-order valence-corrected chi connectivity index (χ2v) is 7.90. The van der Waals surface area contributed by atoms with Gasteiger partial charge >= 0.3 is 5.97 Å². The van der Waals surface area contributed by atoms with E-state index in [4.69, 9.17) is 19.3 Å². The Bertz CT molecular complexity index is 1010. The molecule has 0 atom stereocenters. The average Bonchev–Trinajstić information content (AvgIpc) is 2.78. The molecule has 0 saturated carbocycles. The summed E-state index contributed by atoms with van der Waals surface area (Å²) in [7, 11) is 0. The van der Waals surface area contributed by atoms with Crippen LogP contribution in [0.2, 0.25) is 0 Å². The third-order valence-electron chi connectivity index (χ3n) is 5.12. The summed E-state index contributed by atoms with van der Waals surface area (Å²) in [4.78, 5) is 34.2. The van der Waals surface area contributed by atoms with E-state index >= 15 is 0 Å². The minimum absolute atomic E-state index is 0.00362. The lowest BCUT2D eigenvalue weighted by Gasteiger charge is -2.15. The van der Waals surface area contributed by atoms with Crippen molar-refractivity contribution in [3.63, 3.8) is 0 Å². The number of aliphatic carboxylic acids is 1. The molecule has 0 heterocycles. The topological polar surface area (TPSA) is 119 Å². The van der Waals surface area contributed by atoms with E-state index in [2.05, 4.69) is 0 Å². The number of rotatable bonds is 15. The van der Waals surface area contributed by atoms with Crippen molar-refractivity contribution in [2.24, 2.45) is 0 Å². The number of carboxylic acid groups (broad SMARTS) is 1. The highest BCUT2D eigenvalue weighted by atomic mass is 16.5. The van der Waals surface area contributed by atoms with E-state index in [1.807, 2.05) is 6.92 Å². The first-order valence-corrected chi connectivity index (χ1v) is 11.4. The number of benzene rings is 2. The highest BCUT2D eigenvalue weighted by Gasteiger charge is 2.16. The van der Waals surface area contributed by atoms with Gasteiger partial charge in [-0.25, -0.2) is 4.79 Å². The third-order valence-corrected chi connectivity index (χ3v) is 5.12. The molecule has 0 amide bonds. The van der Waals surface area contributed by atoms with Crippen LogP contribution in [0.3, 0.4) is 0 Å². The molecule has 0 fully saturated rings.